The second-order valence-corrected chi connectivity index (χ2v) is 6.16. The number of nitrogens with one attached hydrogen (secondary N) is 1. The number of carbonyl (C=O) groups excluding carboxylic acids is 1. The topological polar surface area (TPSA) is 94.9 Å². The molecule has 0 radical (unpaired) electrons. The first-order valence-electron chi connectivity index (χ1n) is 8.48. The molecule has 2 aromatic heterocycles. The molecule has 0 aliphatic carbocycles. The van der Waals surface area contributed by atoms with Crippen LogP contribution in [0.2, 0.25) is 0 Å². The van der Waals surface area contributed by atoms with E-state index in [2.05, 4.69) is 20.1 Å². The number of benzene rings is 1. The number of amides is 1. The van der Waals surface area contributed by atoms with E-state index in [9.17, 15) is 9.59 Å². The van der Waals surface area contributed by atoms with E-state index in [0.29, 0.717) is 31.5 Å². The highest BCUT2D eigenvalue weighted by atomic mass is 16.4. The van der Waals surface area contributed by atoms with Gasteiger partial charge in [-0.15, -0.1) is 10.2 Å². The number of oxazole rings is 1. The van der Waals surface area contributed by atoms with Crippen LogP contribution in [-0.2, 0) is 30.8 Å². The van der Waals surface area contributed by atoms with Crippen molar-refractivity contribution in [1.82, 2.24) is 24.6 Å². The zero-order chi connectivity index (χ0) is 17.2. The summed E-state index contributed by atoms with van der Waals surface area (Å²) in [5.41, 5.74) is 1.32. The molecule has 1 aromatic carbocycles. The SMILES string of the molecule is O=C(CCCn1c(=O)oc2ccccc21)NCc1nnc2n1CCC2. The van der Waals surface area contributed by atoms with E-state index >= 15 is 0 Å². The second-order valence-electron chi connectivity index (χ2n) is 6.16. The number of para-hydroxylation sites is 2. The predicted octanol–water partition coefficient (Wildman–Crippen LogP) is 1.23. The summed E-state index contributed by atoms with van der Waals surface area (Å²) in [6.45, 7) is 1.76. The molecule has 0 bridgehead atoms. The van der Waals surface area contributed by atoms with Gasteiger partial charge in [0.25, 0.3) is 0 Å². The molecular formula is C17H19N5O3. The van der Waals surface area contributed by atoms with Crippen LogP contribution in [0, 0.1) is 0 Å². The van der Waals surface area contributed by atoms with E-state index in [1.807, 2.05) is 18.2 Å². The fourth-order valence-corrected chi connectivity index (χ4v) is 3.23. The number of rotatable bonds is 6. The van der Waals surface area contributed by atoms with Crippen molar-refractivity contribution in [2.75, 3.05) is 0 Å². The van der Waals surface area contributed by atoms with Crippen molar-refractivity contribution >= 4 is 17.0 Å². The first-order chi connectivity index (χ1) is 12.2. The van der Waals surface area contributed by atoms with Gasteiger partial charge in [0, 0.05) is 25.9 Å². The zero-order valence-electron chi connectivity index (χ0n) is 13.8. The Morgan fingerprint density at radius 1 is 1.28 bits per heavy atom. The minimum Gasteiger partial charge on any atom is -0.408 e. The Labute approximate surface area is 143 Å². The maximum Gasteiger partial charge on any atom is 0.419 e. The van der Waals surface area contributed by atoms with E-state index in [-0.39, 0.29) is 11.7 Å². The molecule has 3 aromatic rings. The highest BCUT2D eigenvalue weighted by molar-refractivity contribution is 5.76. The molecule has 0 spiro atoms. The summed E-state index contributed by atoms with van der Waals surface area (Å²) < 4.78 is 8.81. The lowest BCUT2D eigenvalue weighted by molar-refractivity contribution is -0.121. The van der Waals surface area contributed by atoms with Gasteiger partial charge in [-0.1, -0.05) is 12.1 Å². The van der Waals surface area contributed by atoms with Gasteiger partial charge in [0.1, 0.15) is 5.82 Å². The molecule has 25 heavy (non-hydrogen) atoms. The van der Waals surface area contributed by atoms with Gasteiger partial charge >= 0.3 is 5.76 Å². The van der Waals surface area contributed by atoms with Crippen LogP contribution in [0.4, 0.5) is 0 Å². The number of aromatic nitrogens is 4. The number of hydrogen-bond acceptors (Lipinski definition) is 5. The number of fused-ring (bicyclic) bond motifs is 2. The summed E-state index contributed by atoms with van der Waals surface area (Å²) in [5, 5.41) is 11.1. The van der Waals surface area contributed by atoms with Crippen LogP contribution in [-0.4, -0.2) is 25.2 Å². The Hall–Kier alpha value is -2.90. The molecule has 8 heteroatoms. The predicted molar refractivity (Wildman–Crippen MR) is 89.9 cm³/mol. The highest BCUT2D eigenvalue weighted by Crippen LogP contribution is 2.14. The zero-order valence-corrected chi connectivity index (χ0v) is 13.8. The molecule has 1 aliphatic rings. The fraction of sp³-hybridized carbons (Fsp3) is 0.412. The summed E-state index contributed by atoms with van der Waals surface area (Å²) in [5.74, 6) is 1.35. The van der Waals surface area contributed by atoms with Crippen molar-refractivity contribution in [3.8, 4) is 0 Å². The van der Waals surface area contributed by atoms with Crippen molar-refractivity contribution in [3.63, 3.8) is 0 Å². The van der Waals surface area contributed by atoms with Gasteiger partial charge in [0.15, 0.2) is 11.4 Å². The van der Waals surface area contributed by atoms with Gasteiger partial charge in [-0.05, 0) is 25.0 Å². The van der Waals surface area contributed by atoms with Gasteiger partial charge < -0.3 is 14.3 Å². The number of nitrogens with zero attached hydrogens (tertiary/aromatic N) is 4. The maximum absolute atomic E-state index is 12.0. The molecule has 4 rings (SSSR count). The molecule has 0 saturated heterocycles. The molecule has 1 aliphatic heterocycles. The lowest BCUT2D eigenvalue weighted by Gasteiger charge is -2.06. The molecule has 0 saturated carbocycles. The lowest BCUT2D eigenvalue weighted by Crippen LogP contribution is -2.25. The molecule has 0 atom stereocenters. The lowest BCUT2D eigenvalue weighted by atomic mass is 10.2. The van der Waals surface area contributed by atoms with Crippen molar-refractivity contribution in [2.24, 2.45) is 0 Å². The minimum atomic E-state index is -0.388. The highest BCUT2D eigenvalue weighted by Gasteiger charge is 2.17. The Bertz CT molecular complexity index is 968. The van der Waals surface area contributed by atoms with Crippen molar-refractivity contribution in [2.45, 2.75) is 45.3 Å². The summed E-state index contributed by atoms with van der Waals surface area (Å²) in [7, 11) is 0. The van der Waals surface area contributed by atoms with Crippen LogP contribution < -0.4 is 11.1 Å². The monoisotopic (exact) mass is 341 g/mol. The van der Waals surface area contributed by atoms with Crippen molar-refractivity contribution in [1.29, 1.82) is 0 Å². The summed E-state index contributed by atoms with van der Waals surface area (Å²) in [4.78, 5) is 23.9. The van der Waals surface area contributed by atoms with Gasteiger partial charge in [-0.2, -0.15) is 0 Å². The minimum absolute atomic E-state index is 0.0591. The van der Waals surface area contributed by atoms with Crippen LogP contribution in [0.15, 0.2) is 33.5 Å². The van der Waals surface area contributed by atoms with Crippen LogP contribution in [0.1, 0.15) is 30.9 Å². The smallest absolute Gasteiger partial charge is 0.408 e. The maximum atomic E-state index is 12.0. The largest absolute Gasteiger partial charge is 0.419 e. The molecule has 1 amide bonds. The Balaban J connectivity index is 1.30. The van der Waals surface area contributed by atoms with Crippen LogP contribution in [0.5, 0.6) is 0 Å². The molecular weight excluding hydrogens is 322 g/mol. The molecule has 130 valence electrons. The third-order valence-electron chi connectivity index (χ3n) is 4.49. The van der Waals surface area contributed by atoms with Crippen molar-refractivity contribution in [3.05, 3.63) is 46.5 Å². The fourth-order valence-electron chi connectivity index (χ4n) is 3.23. The Morgan fingerprint density at radius 2 is 2.16 bits per heavy atom. The Kier molecular flexibility index (Phi) is 4.09. The molecule has 0 fully saturated rings. The third-order valence-corrected chi connectivity index (χ3v) is 4.49. The molecule has 8 nitrogen and oxygen atoms in total. The normalized spacial score (nSPS) is 13.3. The van der Waals surface area contributed by atoms with E-state index in [1.165, 1.54) is 0 Å². The summed E-state index contributed by atoms with van der Waals surface area (Å²) in [6.07, 6.45) is 2.94. The van der Waals surface area contributed by atoms with Gasteiger partial charge in [-0.25, -0.2) is 4.79 Å². The van der Waals surface area contributed by atoms with Crippen molar-refractivity contribution < 1.29 is 9.21 Å². The number of carbonyl (C=O) groups is 1. The van der Waals surface area contributed by atoms with Gasteiger partial charge in [-0.3, -0.25) is 9.36 Å². The Morgan fingerprint density at radius 3 is 3.08 bits per heavy atom. The number of aryl methyl sites for hydroxylation is 2. The van der Waals surface area contributed by atoms with E-state index in [1.54, 1.807) is 10.6 Å². The quantitative estimate of drug-likeness (QED) is 0.727. The second kappa shape index (κ2) is 6.54. The molecule has 0 unspecified atom stereocenters. The average molecular weight is 341 g/mol. The number of hydrogen-bond donors (Lipinski definition) is 1. The first kappa shape index (κ1) is 15.6. The van der Waals surface area contributed by atoms with E-state index in [0.717, 1.165) is 36.6 Å². The summed E-state index contributed by atoms with van der Waals surface area (Å²) >= 11 is 0. The molecule has 1 N–H and O–H groups in total. The van der Waals surface area contributed by atoms with Crippen LogP contribution in [0.3, 0.4) is 0 Å². The van der Waals surface area contributed by atoms with E-state index < -0.39 is 0 Å². The summed E-state index contributed by atoms with van der Waals surface area (Å²) in [6, 6.07) is 7.28. The third kappa shape index (κ3) is 3.07. The standard InChI is InChI=1S/C17H19N5O3/c23-16(18-11-15-20-19-14-7-3-10-22(14)15)8-4-9-21-12-5-1-2-6-13(12)25-17(21)24/h1-2,5-6H,3-4,7-11H2,(H,18,23). The average Bonchev–Trinajstić information content (AvgIpc) is 3.28. The van der Waals surface area contributed by atoms with Gasteiger partial charge in [0.2, 0.25) is 5.91 Å². The van der Waals surface area contributed by atoms with Crippen LogP contribution >= 0.6 is 0 Å². The van der Waals surface area contributed by atoms with Crippen LogP contribution in [0.25, 0.3) is 11.1 Å². The van der Waals surface area contributed by atoms with E-state index in [4.69, 9.17) is 4.42 Å². The van der Waals surface area contributed by atoms with Gasteiger partial charge in [0.05, 0.1) is 12.1 Å². The molecule has 3 heterocycles. The first-order valence-corrected chi connectivity index (χ1v) is 8.48.